The Kier molecular flexibility index (Phi) is 4.87. The predicted octanol–water partition coefficient (Wildman–Crippen LogP) is 5.23. The van der Waals surface area contributed by atoms with Gasteiger partial charge in [0.25, 0.3) is 5.56 Å². The van der Waals surface area contributed by atoms with Gasteiger partial charge in [-0.3, -0.25) is 4.79 Å². The van der Waals surface area contributed by atoms with E-state index in [9.17, 15) is 10.1 Å². The summed E-state index contributed by atoms with van der Waals surface area (Å²) >= 11 is 3.48. The summed E-state index contributed by atoms with van der Waals surface area (Å²) in [6.45, 7) is 3.97. The molecule has 124 valence electrons. The van der Waals surface area contributed by atoms with E-state index >= 15 is 0 Å². The van der Waals surface area contributed by atoms with E-state index in [2.05, 4.69) is 27.0 Å². The van der Waals surface area contributed by atoms with Crippen LogP contribution in [0.4, 0.5) is 0 Å². The number of hydrogen-bond acceptors (Lipinski definition) is 2. The predicted molar refractivity (Wildman–Crippen MR) is 106 cm³/mol. The van der Waals surface area contributed by atoms with E-state index in [-0.39, 0.29) is 5.56 Å². The first-order valence-electron chi connectivity index (χ1n) is 8.05. The van der Waals surface area contributed by atoms with Crippen molar-refractivity contribution in [1.82, 2.24) is 4.98 Å². The second-order valence-corrected chi connectivity index (χ2v) is 6.93. The van der Waals surface area contributed by atoms with Crippen LogP contribution in [0, 0.1) is 18.3 Å². The minimum atomic E-state index is -0.0720. The normalized spacial score (nSPS) is 11.5. The highest BCUT2D eigenvalue weighted by Gasteiger charge is 2.06. The van der Waals surface area contributed by atoms with Crippen LogP contribution in [0.25, 0.3) is 22.6 Å². The Labute approximate surface area is 154 Å². The average molecular weight is 393 g/mol. The van der Waals surface area contributed by atoms with Crippen molar-refractivity contribution in [3.63, 3.8) is 0 Å². The maximum atomic E-state index is 12.0. The lowest BCUT2D eigenvalue weighted by molar-refractivity contribution is 1.08. The molecule has 3 nitrogen and oxygen atoms in total. The molecule has 0 saturated carbocycles. The number of aryl methyl sites for hydroxylation is 2. The minimum absolute atomic E-state index is 0.0720. The third-order valence-electron chi connectivity index (χ3n) is 4.11. The molecule has 0 aliphatic heterocycles. The van der Waals surface area contributed by atoms with Gasteiger partial charge in [-0.05, 0) is 65.8 Å². The number of nitrogens with one attached hydrogen (secondary N) is 1. The highest BCUT2D eigenvalue weighted by Crippen LogP contribution is 2.24. The number of fused-ring (bicyclic) bond motifs is 1. The maximum absolute atomic E-state index is 12.0. The first-order valence-corrected chi connectivity index (χ1v) is 8.85. The lowest BCUT2D eigenvalue weighted by atomic mass is 10.0. The second kappa shape index (κ2) is 7.08. The Hall–Kier alpha value is -2.64. The molecular formula is C21H17BrN2O. The smallest absolute Gasteiger partial charge is 0.251 e. The number of nitrogens with zero attached hydrogens (tertiary/aromatic N) is 1. The van der Waals surface area contributed by atoms with Crippen LogP contribution in [-0.4, -0.2) is 4.98 Å². The van der Waals surface area contributed by atoms with Crippen molar-refractivity contribution in [2.45, 2.75) is 20.3 Å². The van der Waals surface area contributed by atoms with Gasteiger partial charge in [-0.15, -0.1) is 0 Å². The monoisotopic (exact) mass is 392 g/mol. The van der Waals surface area contributed by atoms with Crippen molar-refractivity contribution in [2.24, 2.45) is 0 Å². The van der Waals surface area contributed by atoms with Crippen LogP contribution in [0.5, 0.6) is 0 Å². The van der Waals surface area contributed by atoms with Gasteiger partial charge in [0.1, 0.15) is 0 Å². The Balaban J connectivity index is 2.11. The van der Waals surface area contributed by atoms with Gasteiger partial charge in [-0.2, -0.15) is 5.26 Å². The SMILES string of the molecule is CCc1cc2ccc(/C(C#N)=C/c3cc(C)cc(Br)c3)cc2[nH]c1=O. The molecule has 25 heavy (non-hydrogen) atoms. The van der Waals surface area contributed by atoms with Gasteiger partial charge in [0, 0.05) is 15.6 Å². The fourth-order valence-corrected chi connectivity index (χ4v) is 3.50. The van der Waals surface area contributed by atoms with Crippen molar-refractivity contribution in [3.05, 3.63) is 79.5 Å². The maximum Gasteiger partial charge on any atom is 0.251 e. The van der Waals surface area contributed by atoms with Crippen LogP contribution >= 0.6 is 15.9 Å². The summed E-state index contributed by atoms with van der Waals surface area (Å²) in [6.07, 6.45) is 2.55. The molecular weight excluding hydrogens is 376 g/mol. The topological polar surface area (TPSA) is 56.6 Å². The van der Waals surface area contributed by atoms with Crippen molar-refractivity contribution in [1.29, 1.82) is 5.26 Å². The fraction of sp³-hybridized carbons (Fsp3) is 0.143. The lowest BCUT2D eigenvalue weighted by Gasteiger charge is -2.05. The van der Waals surface area contributed by atoms with Gasteiger partial charge >= 0.3 is 0 Å². The van der Waals surface area contributed by atoms with Gasteiger partial charge in [-0.25, -0.2) is 0 Å². The molecule has 0 radical (unpaired) electrons. The van der Waals surface area contributed by atoms with E-state index in [1.807, 2.05) is 62.4 Å². The molecule has 2 aromatic carbocycles. The van der Waals surface area contributed by atoms with E-state index in [1.165, 1.54) is 0 Å². The lowest BCUT2D eigenvalue weighted by Crippen LogP contribution is -2.11. The molecule has 4 heteroatoms. The van der Waals surface area contributed by atoms with Crippen molar-refractivity contribution < 1.29 is 0 Å². The van der Waals surface area contributed by atoms with Crippen LogP contribution < -0.4 is 5.56 Å². The third-order valence-corrected chi connectivity index (χ3v) is 4.57. The molecule has 0 unspecified atom stereocenters. The number of H-pyrrole nitrogens is 1. The summed E-state index contributed by atoms with van der Waals surface area (Å²) < 4.78 is 0.978. The molecule has 3 rings (SSSR count). The van der Waals surface area contributed by atoms with Gasteiger partial charge < -0.3 is 4.98 Å². The Morgan fingerprint density at radius 3 is 2.72 bits per heavy atom. The molecule has 3 aromatic rings. The standard InChI is InChI=1S/C21H17BrN2O/c1-3-15-10-17-5-4-16(11-20(17)24-21(15)25)18(12-23)8-14-6-13(2)7-19(22)9-14/h4-11H,3H2,1-2H3,(H,24,25)/b18-8+. The van der Waals surface area contributed by atoms with E-state index in [0.29, 0.717) is 12.0 Å². The first-order chi connectivity index (χ1) is 12.0. The zero-order chi connectivity index (χ0) is 18.0. The molecule has 0 fully saturated rings. The quantitative estimate of drug-likeness (QED) is 0.490. The highest BCUT2D eigenvalue weighted by molar-refractivity contribution is 9.10. The number of benzene rings is 2. The number of pyridine rings is 1. The Morgan fingerprint density at radius 1 is 1.24 bits per heavy atom. The number of allylic oxidation sites excluding steroid dienone is 1. The van der Waals surface area contributed by atoms with Crippen LogP contribution in [0.3, 0.4) is 0 Å². The Morgan fingerprint density at radius 2 is 2.04 bits per heavy atom. The molecule has 0 atom stereocenters. The number of nitriles is 1. The van der Waals surface area contributed by atoms with Gasteiger partial charge in [0.2, 0.25) is 0 Å². The molecule has 0 aliphatic rings. The van der Waals surface area contributed by atoms with Gasteiger partial charge in [0.15, 0.2) is 0 Å². The molecule has 0 saturated heterocycles. The molecule has 1 aromatic heterocycles. The summed E-state index contributed by atoms with van der Waals surface area (Å²) in [5.41, 5.74) is 4.85. The summed E-state index contributed by atoms with van der Waals surface area (Å²) in [4.78, 5) is 15.0. The first kappa shape index (κ1) is 17.2. The fourth-order valence-electron chi connectivity index (χ4n) is 2.87. The average Bonchev–Trinajstić information content (AvgIpc) is 2.57. The van der Waals surface area contributed by atoms with Crippen LogP contribution in [0.2, 0.25) is 0 Å². The second-order valence-electron chi connectivity index (χ2n) is 6.01. The molecule has 1 heterocycles. The van der Waals surface area contributed by atoms with Crippen molar-refractivity contribution in [2.75, 3.05) is 0 Å². The molecule has 0 spiro atoms. The summed E-state index contributed by atoms with van der Waals surface area (Å²) in [7, 11) is 0. The third kappa shape index (κ3) is 3.72. The van der Waals surface area contributed by atoms with Crippen LogP contribution in [0.1, 0.15) is 29.2 Å². The van der Waals surface area contributed by atoms with Gasteiger partial charge in [0.05, 0.1) is 11.6 Å². The molecule has 1 N–H and O–H groups in total. The largest absolute Gasteiger partial charge is 0.322 e. The van der Waals surface area contributed by atoms with Crippen molar-refractivity contribution in [3.8, 4) is 6.07 Å². The Bertz CT molecular complexity index is 1070. The van der Waals surface area contributed by atoms with Crippen LogP contribution in [-0.2, 0) is 6.42 Å². The highest BCUT2D eigenvalue weighted by atomic mass is 79.9. The van der Waals surface area contributed by atoms with E-state index in [1.54, 1.807) is 0 Å². The molecule has 0 amide bonds. The van der Waals surface area contributed by atoms with Crippen molar-refractivity contribution >= 4 is 38.5 Å². The minimum Gasteiger partial charge on any atom is -0.322 e. The van der Waals surface area contributed by atoms with E-state index in [4.69, 9.17) is 0 Å². The zero-order valence-corrected chi connectivity index (χ0v) is 15.6. The van der Waals surface area contributed by atoms with E-state index in [0.717, 1.165) is 37.6 Å². The van der Waals surface area contributed by atoms with Crippen LogP contribution in [0.15, 0.2) is 51.7 Å². The molecule has 0 aliphatic carbocycles. The number of aromatic nitrogens is 1. The number of halogens is 1. The van der Waals surface area contributed by atoms with Gasteiger partial charge in [-0.1, -0.05) is 41.1 Å². The summed E-state index contributed by atoms with van der Waals surface area (Å²) in [5, 5.41) is 10.6. The zero-order valence-electron chi connectivity index (χ0n) is 14.1. The molecule has 0 bridgehead atoms. The number of aromatic amines is 1. The number of rotatable bonds is 3. The van der Waals surface area contributed by atoms with E-state index < -0.39 is 0 Å². The summed E-state index contributed by atoms with van der Waals surface area (Å²) in [6, 6.07) is 15.9. The number of hydrogen-bond donors (Lipinski definition) is 1. The summed E-state index contributed by atoms with van der Waals surface area (Å²) in [5.74, 6) is 0.